The van der Waals surface area contributed by atoms with Crippen LogP contribution in [0.3, 0.4) is 0 Å². The molecule has 0 radical (unpaired) electrons. The molecule has 3 N–H and O–H groups in total. The molecule has 0 saturated carbocycles. The standard InChI is InChI=1S/C17H18N6S/c1-9(2)23-7-11(14-15(18)20-8-21-16(14)23)10-4-5-12-13(6-10)24-17(19-3)22-12/h4-9H,1-3H3,(H,19,22)(H2,18,20,21). The van der Waals surface area contributed by atoms with Crippen molar-refractivity contribution in [1.29, 1.82) is 0 Å². The molecule has 0 saturated heterocycles. The molecular weight excluding hydrogens is 320 g/mol. The van der Waals surface area contributed by atoms with Crippen molar-refractivity contribution >= 4 is 43.5 Å². The maximum atomic E-state index is 6.16. The number of anilines is 2. The Morgan fingerprint density at radius 1 is 1.25 bits per heavy atom. The second-order valence-corrected chi connectivity index (χ2v) is 6.98. The highest BCUT2D eigenvalue weighted by atomic mass is 32.1. The van der Waals surface area contributed by atoms with Crippen LogP contribution in [0.15, 0.2) is 30.7 Å². The number of nitrogens with two attached hydrogens (primary N) is 1. The molecule has 0 atom stereocenters. The summed E-state index contributed by atoms with van der Waals surface area (Å²) in [5, 5.41) is 4.91. The summed E-state index contributed by atoms with van der Waals surface area (Å²) in [5.74, 6) is 0.509. The average Bonchev–Trinajstić information content (AvgIpc) is 3.15. The van der Waals surface area contributed by atoms with Crippen LogP contribution in [0.1, 0.15) is 19.9 Å². The first-order valence-electron chi connectivity index (χ1n) is 7.78. The lowest BCUT2D eigenvalue weighted by Crippen LogP contribution is -2.00. The van der Waals surface area contributed by atoms with E-state index in [4.69, 9.17) is 5.73 Å². The normalized spacial score (nSPS) is 11.7. The lowest BCUT2D eigenvalue weighted by molar-refractivity contribution is 0.618. The van der Waals surface area contributed by atoms with E-state index in [1.807, 2.05) is 13.1 Å². The number of hydrogen-bond donors (Lipinski definition) is 2. The van der Waals surface area contributed by atoms with E-state index < -0.39 is 0 Å². The van der Waals surface area contributed by atoms with Crippen LogP contribution < -0.4 is 11.1 Å². The second kappa shape index (κ2) is 5.45. The topological polar surface area (TPSA) is 81.7 Å². The SMILES string of the molecule is CNc1nc2ccc(-c3cn(C(C)C)c4ncnc(N)c34)cc2s1. The van der Waals surface area contributed by atoms with E-state index in [2.05, 4.69) is 57.0 Å². The van der Waals surface area contributed by atoms with Crippen LogP contribution in [-0.2, 0) is 0 Å². The number of nitrogen functional groups attached to an aromatic ring is 1. The van der Waals surface area contributed by atoms with Crippen LogP contribution in [0.5, 0.6) is 0 Å². The minimum absolute atomic E-state index is 0.290. The zero-order valence-electron chi connectivity index (χ0n) is 13.7. The van der Waals surface area contributed by atoms with Crippen LogP contribution in [0.2, 0.25) is 0 Å². The number of fused-ring (bicyclic) bond motifs is 2. The molecule has 0 fully saturated rings. The summed E-state index contributed by atoms with van der Waals surface area (Å²) in [6.45, 7) is 4.26. The summed E-state index contributed by atoms with van der Waals surface area (Å²) in [6.07, 6.45) is 3.63. The van der Waals surface area contributed by atoms with Gasteiger partial charge in [0.2, 0.25) is 0 Å². The van der Waals surface area contributed by atoms with Gasteiger partial charge in [0.1, 0.15) is 17.8 Å². The fourth-order valence-electron chi connectivity index (χ4n) is 2.92. The molecule has 4 rings (SSSR count). The van der Waals surface area contributed by atoms with Crippen molar-refractivity contribution in [3.8, 4) is 11.1 Å². The molecule has 3 heterocycles. The number of benzene rings is 1. The first-order valence-corrected chi connectivity index (χ1v) is 8.60. The summed E-state index contributed by atoms with van der Waals surface area (Å²) in [4.78, 5) is 13.2. The quantitative estimate of drug-likeness (QED) is 0.592. The van der Waals surface area contributed by atoms with E-state index in [1.54, 1.807) is 11.3 Å². The van der Waals surface area contributed by atoms with Crippen molar-refractivity contribution in [2.24, 2.45) is 0 Å². The Morgan fingerprint density at radius 2 is 2.08 bits per heavy atom. The third-order valence-electron chi connectivity index (χ3n) is 4.11. The largest absolute Gasteiger partial charge is 0.383 e. The predicted molar refractivity (Wildman–Crippen MR) is 100 cm³/mol. The van der Waals surface area contributed by atoms with Gasteiger partial charge in [-0.05, 0) is 31.5 Å². The van der Waals surface area contributed by atoms with Gasteiger partial charge in [0.25, 0.3) is 0 Å². The zero-order chi connectivity index (χ0) is 16.8. The number of aromatic nitrogens is 4. The van der Waals surface area contributed by atoms with Gasteiger partial charge in [0, 0.05) is 24.8 Å². The van der Waals surface area contributed by atoms with Gasteiger partial charge in [-0.25, -0.2) is 15.0 Å². The van der Waals surface area contributed by atoms with Crippen molar-refractivity contribution in [1.82, 2.24) is 19.5 Å². The molecule has 0 aliphatic heterocycles. The summed E-state index contributed by atoms with van der Waals surface area (Å²) >= 11 is 1.64. The summed E-state index contributed by atoms with van der Waals surface area (Å²) < 4.78 is 3.27. The maximum Gasteiger partial charge on any atom is 0.183 e. The minimum atomic E-state index is 0.290. The molecule has 122 valence electrons. The zero-order valence-corrected chi connectivity index (χ0v) is 14.6. The van der Waals surface area contributed by atoms with Crippen molar-refractivity contribution in [3.05, 3.63) is 30.7 Å². The van der Waals surface area contributed by atoms with Gasteiger partial charge in [-0.3, -0.25) is 0 Å². The van der Waals surface area contributed by atoms with Gasteiger partial charge < -0.3 is 15.6 Å². The van der Waals surface area contributed by atoms with E-state index >= 15 is 0 Å². The summed E-state index contributed by atoms with van der Waals surface area (Å²) in [7, 11) is 1.88. The Hall–Kier alpha value is -2.67. The lowest BCUT2D eigenvalue weighted by atomic mass is 10.1. The molecular formula is C17H18N6S. The number of thiazole rings is 1. The van der Waals surface area contributed by atoms with Crippen LogP contribution in [0.4, 0.5) is 10.9 Å². The van der Waals surface area contributed by atoms with E-state index in [0.717, 1.165) is 37.5 Å². The summed E-state index contributed by atoms with van der Waals surface area (Å²) in [6, 6.07) is 6.56. The Labute approximate surface area is 143 Å². The molecule has 3 aromatic heterocycles. The number of nitrogens with one attached hydrogen (secondary N) is 1. The van der Waals surface area contributed by atoms with E-state index in [9.17, 15) is 0 Å². The Morgan fingerprint density at radius 3 is 2.83 bits per heavy atom. The number of hydrogen-bond acceptors (Lipinski definition) is 6. The van der Waals surface area contributed by atoms with Gasteiger partial charge in [-0.1, -0.05) is 17.4 Å². The Kier molecular flexibility index (Phi) is 3.38. The van der Waals surface area contributed by atoms with E-state index in [1.165, 1.54) is 6.33 Å². The highest BCUT2D eigenvalue weighted by Crippen LogP contribution is 2.36. The molecule has 1 aromatic carbocycles. The molecule has 6 nitrogen and oxygen atoms in total. The van der Waals surface area contributed by atoms with Crippen LogP contribution >= 0.6 is 11.3 Å². The minimum Gasteiger partial charge on any atom is -0.383 e. The van der Waals surface area contributed by atoms with Gasteiger partial charge in [-0.15, -0.1) is 0 Å². The Balaban J connectivity index is 1.99. The number of rotatable bonds is 3. The molecule has 24 heavy (non-hydrogen) atoms. The Bertz CT molecular complexity index is 1050. The molecule has 0 unspecified atom stereocenters. The van der Waals surface area contributed by atoms with Crippen molar-refractivity contribution in [2.45, 2.75) is 19.9 Å². The molecule has 4 aromatic rings. The molecule has 0 aliphatic rings. The van der Waals surface area contributed by atoms with E-state index in [-0.39, 0.29) is 0 Å². The molecule has 0 aliphatic carbocycles. The van der Waals surface area contributed by atoms with Crippen LogP contribution in [0, 0.1) is 0 Å². The highest BCUT2D eigenvalue weighted by Gasteiger charge is 2.17. The van der Waals surface area contributed by atoms with E-state index in [0.29, 0.717) is 11.9 Å². The van der Waals surface area contributed by atoms with Crippen molar-refractivity contribution in [2.75, 3.05) is 18.1 Å². The first-order chi connectivity index (χ1) is 11.6. The average molecular weight is 338 g/mol. The van der Waals surface area contributed by atoms with Gasteiger partial charge >= 0.3 is 0 Å². The smallest absolute Gasteiger partial charge is 0.183 e. The van der Waals surface area contributed by atoms with Gasteiger partial charge in [-0.2, -0.15) is 0 Å². The molecule has 0 bridgehead atoms. The van der Waals surface area contributed by atoms with Crippen molar-refractivity contribution in [3.63, 3.8) is 0 Å². The first kappa shape index (κ1) is 14.9. The predicted octanol–water partition coefficient (Wildman–Crippen LogP) is 3.91. The fourth-order valence-corrected chi connectivity index (χ4v) is 3.78. The third kappa shape index (κ3) is 2.20. The maximum absolute atomic E-state index is 6.16. The molecule has 0 amide bonds. The van der Waals surface area contributed by atoms with Gasteiger partial charge in [0.05, 0.1) is 15.6 Å². The number of nitrogens with zero attached hydrogens (tertiary/aromatic N) is 4. The van der Waals surface area contributed by atoms with Crippen molar-refractivity contribution < 1.29 is 0 Å². The highest BCUT2D eigenvalue weighted by molar-refractivity contribution is 7.22. The summed E-state index contributed by atoms with van der Waals surface area (Å²) in [5.41, 5.74) is 10.2. The van der Waals surface area contributed by atoms with Crippen LogP contribution in [-0.4, -0.2) is 26.6 Å². The second-order valence-electron chi connectivity index (χ2n) is 5.95. The molecule has 0 spiro atoms. The monoisotopic (exact) mass is 338 g/mol. The van der Waals surface area contributed by atoms with Gasteiger partial charge in [0.15, 0.2) is 5.13 Å². The molecule has 7 heteroatoms. The lowest BCUT2D eigenvalue weighted by Gasteiger charge is -2.07. The third-order valence-corrected chi connectivity index (χ3v) is 5.14. The fraction of sp³-hybridized carbons (Fsp3) is 0.235. The van der Waals surface area contributed by atoms with Crippen LogP contribution in [0.25, 0.3) is 32.4 Å².